The van der Waals surface area contributed by atoms with Crippen molar-refractivity contribution in [2.75, 3.05) is 19.6 Å². The summed E-state index contributed by atoms with van der Waals surface area (Å²) in [5, 5.41) is 0. The van der Waals surface area contributed by atoms with Crippen LogP contribution in [-0.2, 0) is 4.79 Å². The maximum absolute atomic E-state index is 13.3. The summed E-state index contributed by atoms with van der Waals surface area (Å²) < 4.78 is 0. The Morgan fingerprint density at radius 1 is 1.20 bits per heavy atom. The lowest BCUT2D eigenvalue weighted by molar-refractivity contribution is -0.144. The van der Waals surface area contributed by atoms with Crippen molar-refractivity contribution in [1.29, 1.82) is 0 Å². The van der Waals surface area contributed by atoms with E-state index in [0.717, 1.165) is 45.3 Å². The number of amides is 1. The zero-order valence-electron chi connectivity index (χ0n) is 12.8. The van der Waals surface area contributed by atoms with E-state index in [1.54, 1.807) is 0 Å². The van der Waals surface area contributed by atoms with Gasteiger partial charge in [-0.05, 0) is 45.2 Å². The molecule has 3 heteroatoms. The van der Waals surface area contributed by atoms with Crippen molar-refractivity contribution in [2.24, 2.45) is 0 Å². The summed E-state index contributed by atoms with van der Waals surface area (Å²) >= 11 is 0. The van der Waals surface area contributed by atoms with E-state index in [1.807, 2.05) is 0 Å². The van der Waals surface area contributed by atoms with Crippen molar-refractivity contribution >= 4 is 5.91 Å². The Hall–Kier alpha value is -0.830. The molecular weight excluding hydrogens is 248 g/mol. The molecule has 0 radical (unpaired) electrons. The van der Waals surface area contributed by atoms with Gasteiger partial charge < -0.3 is 4.90 Å². The summed E-state index contributed by atoms with van der Waals surface area (Å²) in [6.07, 6.45) is 13.8. The average Bonchev–Trinajstić information content (AvgIpc) is 3.20. The van der Waals surface area contributed by atoms with Crippen LogP contribution in [0, 0.1) is 0 Å². The van der Waals surface area contributed by atoms with E-state index >= 15 is 0 Å². The fraction of sp³-hybridized carbons (Fsp3) is 0.824. The van der Waals surface area contributed by atoms with Gasteiger partial charge >= 0.3 is 0 Å². The van der Waals surface area contributed by atoms with Crippen LogP contribution in [0.1, 0.15) is 58.3 Å². The lowest BCUT2D eigenvalue weighted by Crippen LogP contribution is -2.58. The second-order valence-corrected chi connectivity index (χ2v) is 6.67. The summed E-state index contributed by atoms with van der Waals surface area (Å²) in [4.78, 5) is 18.0. The third-order valence-corrected chi connectivity index (χ3v) is 5.45. The smallest absolute Gasteiger partial charge is 0.243 e. The van der Waals surface area contributed by atoms with Crippen LogP contribution in [0.15, 0.2) is 12.2 Å². The third-order valence-electron chi connectivity index (χ3n) is 5.45. The number of carbonyl (C=O) groups is 1. The van der Waals surface area contributed by atoms with Crippen LogP contribution in [0.25, 0.3) is 0 Å². The largest absolute Gasteiger partial charge is 0.331 e. The van der Waals surface area contributed by atoms with E-state index in [-0.39, 0.29) is 5.54 Å². The van der Waals surface area contributed by atoms with Crippen LogP contribution >= 0.6 is 0 Å². The van der Waals surface area contributed by atoms with Gasteiger partial charge in [0.15, 0.2) is 0 Å². The molecule has 20 heavy (non-hydrogen) atoms. The molecule has 0 bridgehead atoms. The molecule has 1 saturated carbocycles. The Balaban J connectivity index is 1.79. The summed E-state index contributed by atoms with van der Waals surface area (Å²) in [6.45, 7) is 5.30. The minimum absolute atomic E-state index is 0.144. The summed E-state index contributed by atoms with van der Waals surface area (Å²) in [6, 6.07) is 0.354. The average molecular weight is 276 g/mol. The summed E-state index contributed by atoms with van der Waals surface area (Å²) in [7, 11) is 0. The van der Waals surface area contributed by atoms with Crippen molar-refractivity contribution in [3.05, 3.63) is 12.2 Å². The van der Waals surface area contributed by atoms with Gasteiger partial charge in [-0.1, -0.05) is 38.3 Å². The van der Waals surface area contributed by atoms with Crippen molar-refractivity contribution < 1.29 is 4.79 Å². The van der Waals surface area contributed by atoms with Gasteiger partial charge in [-0.25, -0.2) is 0 Å². The second kappa shape index (κ2) is 5.88. The van der Waals surface area contributed by atoms with Crippen molar-refractivity contribution in [2.45, 2.75) is 69.9 Å². The van der Waals surface area contributed by atoms with Gasteiger partial charge in [-0.3, -0.25) is 9.69 Å². The van der Waals surface area contributed by atoms with Gasteiger partial charge in [0.1, 0.15) is 5.54 Å². The molecule has 2 fully saturated rings. The Bertz CT molecular complexity index is 378. The number of hydrogen-bond donors (Lipinski definition) is 0. The van der Waals surface area contributed by atoms with Gasteiger partial charge in [0.2, 0.25) is 5.91 Å². The minimum atomic E-state index is -0.144. The predicted molar refractivity (Wildman–Crippen MR) is 81.6 cm³/mol. The molecule has 1 aliphatic carbocycles. The molecule has 112 valence electrons. The van der Waals surface area contributed by atoms with Gasteiger partial charge in [-0.2, -0.15) is 0 Å². The number of hydrogen-bond acceptors (Lipinski definition) is 2. The lowest BCUT2D eigenvalue weighted by Gasteiger charge is -2.41. The fourth-order valence-electron chi connectivity index (χ4n) is 4.39. The monoisotopic (exact) mass is 276 g/mol. The van der Waals surface area contributed by atoms with Gasteiger partial charge in [0, 0.05) is 6.54 Å². The molecule has 3 aliphatic rings. The van der Waals surface area contributed by atoms with Crippen LogP contribution in [0.2, 0.25) is 0 Å². The van der Waals surface area contributed by atoms with Gasteiger partial charge in [0.05, 0.1) is 6.04 Å². The van der Waals surface area contributed by atoms with E-state index in [1.165, 1.54) is 25.7 Å². The summed E-state index contributed by atoms with van der Waals surface area (Å²) in [5.41, 5.74) is -0.144. The highest BCUT2D eigenvalue weighted by Crippen LogP contribution is 2.40. The van der Waals surface area contributed by atoms with Crippen molar-refractivity contribution in [3.63, 3.8) is 0 Å². The van der Waals surface area contributed by atoms with Crippen molar-refractivity contribution in [1.82, 2.24) is 9.80 Å². The van der Waals surface area contributed by atoms with E-state index in [2.05, 4.69) is 28.9 Å². The molecule has 1 saturated heterocycles. The number of nitrogens with zero attached hydrogens (tertiary/aromatic N) is 2. The molecule has 3 rings (SSSR count). The zero-order chi connectivity index (χ0) is 14.0. The highest BCUT2D eigenvalue weighted by molar-refractivity contribution is 5.87. The molecule has 0 aromatic rings. The Kier molecular flexibility index (Phi) is 4.16. The second-order valence-electron chi connectivity index (χ2n) is 6.67. The predicted octanol–water partition coefficient (Wildman–Crippen LogP) is 2.96. The van der Waals surface area contributed by atoms with Crippen LogP contribution in [0.4, 0.5) is 0 Å². The lowest BCUT2D eigenvalue weighted by atomic mass is 9.92. The first-order valence-electron chi connectivity index (χ1n) is 8.51. The standard InChI is InChI=1S/C17H28N2O/c1-2-8-15-9-7-14-19(15)16(20)17(10-3-4-11-17)18-12-5-6-13-18/h7,9,15H,2-6,8,10-14H2,1H3/t15-/m1/s1. The Morgan fingerprint density at radius 2 is 1.90 bits per heavy atom. The number of rotatable bonds is 4. The Labute approximate surface area is 123 Å². The molecular formula is C17H28N2O. The molecule has 0 N–H and O–H groups in total. The molecule has 2 heterocycles. The molecule has 1 atom stereocenters. The normalized spacial score (nSPS) is 29.4. The third kappa shape index (κ3) is 2.30. The van der Waals surface area contributed by atoms with Crippen LogP contribution in [-0.4, -0.2) is 46.9 Å². The first kappa shape index (κ1) is 14.1. The highest BCUT2D eigenvalue weighted by Gasteiger charge is 2.49. The molecule has 0 unspecified atom stereocenters. The minimum Gasteiger partial charge on any atom is -0.331 e. The highest BCUT2D eigenvalue weighted by atomic mass is 16.2. The maximum atomic E-state index is 13.3. The van der Waals surface area contributed by atoms with E-state index in [0.29, 0.717) is 11.9 Å². The van der Waals surface area contributed by atoms with Gasteiger partial charge in [-0.15, -0.1) is 0 Å². The molecule has 0 aromatic heterocycles. The SMILES string of the molecule is CCC[C@@H]1C=CCN1C(=O)C1(N2CCCC2)CCCC1. The van der Waals surface area contributed by atoms with E-state index in [4.69, 9.17) is 0 Å². The fourth-order valence-corrected chi connectivity index (χ4v) is 4.39. The Morgan fingerprint density at radius 3 is 2.55 bits per heavy atom. The first-order chi connectivity index (χ1) is 9.78. The topological polar surface area (TPSA) is 23.6 Å². The van der Waals surface area contributed by atoms with Crippen molar-refractivity contribution in [3.8, 4) is 0 Å². The number of carbonyl (C=O) groups excluding carboxylic acids is 1. The van der Waals surface area contributed by atoms with E-state index in [9.17, 15) is 4.79 Å². The first-order valence-corrected chi connectivity index (χ1v) is 8.51. The molecule has 0 aromatic carbocycles. The molecule has 2 aliphatic heterocycles. The zero-order valence-corrected chi connectivity index (χ0v) is 12.8. The molecule has 0 spiro atoms. The molecule has 3 nitrogen and oxygen atoms in total. The van der Waals surface area contributed by atoms with Crippen LogP contribution < -0.4 is 0 Å². The van der Waals surface area contributed by atoms with Crippen LogP contribution in [0.5, 0.6) is 0 Å². The summed E-state index contributed by atoms with van der Waals surface area (Å²) in [5.74, 6) is 0.431. The van der Waals surface area contributed by atoms with Gasteiger partial charge in [0.25, 0.3) is 0 Å². The van der Waals surface area contributed by atoms with Crippen LogP contribution in [0.3, 0.4) is 0 Å². The number of likely N-dealkylation sites (tertiary alicyclic amines) is 1. The van der Waals surface area contributed by atoms with E-state index < -0.39 is 0 Å². The maximum Gasteiger partial charge on any atom is 0.243 e. The quantitative estimate of drug-likeness (QED) is 0.737. The molecule has 1 amide bonds.